The second-order valence-corrected chi connectivity index (χ2v) is 13.8. The number of allylic oxidation sites excluding steroid dienone is 1. The summed E-state index contributed by atoms with van der Waals surface area (Å²) in [6.45, 7) is 13.7. The van der Waals surface area contributed by atoms with Crippen molar-refractivity contribution in [3.8, 4) is 0 Å². The molecule has 0 bridgehead atoms. The summed E-state index contributed by atoms with van der Waals surface area (Å²) >= 11 is 0. The van der Waals surface area contributed by atoms with Crippen LogP contribution in [0.5, 0.6) is 0 Å². The standard InChI is InChI=1S/C32H50O6/c1-8-9-10-11-12-13-14-15-24(34)38-27-21(3)30(7)23(25-28(4,5)32(25,27)37)16-22(19-33)18-31(36)26(35)20(2)17-29(30,31)6/h16-17,21,23,25,27,33,36-37H,8-15,18-19H2,1-7H3/t21-,23+,25?,27-,29+,30+,31+,32-/m1/s1. The number of unbranched alkanes of at least 4 members (excludes halogenated alkanes) is 6. The molecule has 38 heavy (non-hydrogen) atoms. The number of esters is 1. The zero-order valence-electron chi connectivity index (χ0n) is 24.6. The minimum Gasteiger partial charge on any atom is -0.459 e. The highest BCUT2D eigenvalue weighted by atomic mass is 16.6. The van der Waals surface area contributed by atoms with Crippen molar-refractivity contribution in [1.82, 2.24) is 0 Å². The molecule has 4 aliphatic rings. The molecule has 2 saturated carbocycles. The molecular weight excluding hydrogens is 480 g/mol. The Hall–Kier alpha value is -1.50. The molecule has 3 N–H and O–H groups in total. The normalized spacial score (nSPS) is 42.8. The molecule has 0 aromatic carbocycles. The maximum absolute atomic E-state index is 13.4. The summed E-state index contributed by atoms with van der Waals surface area (Å²) in [5.41, 5.74) is -4.01. The maximum atomic E-state index is 13.4. The van der Waals surface area contributed by atoms with E-state index in [1.807, 2.05) is 39.8 Å². The first kappa shape index (κ1) is 29.5. The van der Waals surface area contributed by atoms with Crippen LogP contribution in [0.2, 0.25) is 0 Å². The first-order valence-electron chi connectivity index (χ1n) is 14.9. The number of hydrogen-bond donors (Lipinski definition) is 3. The second kappa shape index (κ2) is 9.85. The molecule has 0 radical (unpaired) electrons. The summed E-state index contributed by atoms with van der Waals surface area (Å²) in [6, 6.07) is 0. The fraction of sp³-hybridized carbons (Fsp3) is 0.812. The van der Waals surface area contributed by atoms with E-state index in [-0.39, 0.29) is 42.5 Å². The molecule has 1 unspecified atom stereocenters. The van der Waals surface area contributed by atoms with E-state index in [0.717, 1.165) is 19.3 Å². The van der Waals surface area contributed by atoms with E-state index in [2.05, 4.69) is 13.8 Å². The highest BCUT2D eigenvalue weighted by Gasteiger charge is 2.85. The summed E-state index contributed by atoms with van der Waals surface area (Å²) in [5, 5.41) is 34.4. The van der Waals surface area contributed by atoms with Gasteiger partial charge < -0.3 is 20.1 Å². The Bertz CT molecular complexity index is 1030. The van der Waals surface area contributed by atoms with Gasteiger partial charge in [0.1, 0.15) is 17.3 Å². The molecule has 0 aromatic rings. The Morgan fingerprint density at radius 2 is 1.66 bits per heavy atom. The molecule has 0 saturated heterocycles. The first-order valence-corrected chi connectivity index (χ1v) is 14.9. The first-order chi connectivity index (χ1) is 17.7. The monoisotopic (exact) mass is 530 g/mol. The van der Waals surface area contributed by atoms with Gasteiger partial charge in [0, 0.05) is 35.5 Å². The molecular formula is C32H50O6. The van der Waals surface area contributed by atoms with Crippen molar-refractivity contribution in [2.24, 2.45) is 34.0 Å². The zero-order valence-corrected chi connectivity index (χ0v) is 24.6. The van der Waals surface area contributed by atoms with Crippen LogP contribution in [0.15, 0.2) is 23.3 Å². The third kappa shape index (κ3) is 3.83. The minimum absolute atomic E-state index is 0.0553. The summed E-state index contributed by atoms with van der Waals surface area (Å²) in [4.78, 5) is 26.5. The molecule has 8 atom stereocenters. The summed E-state index contributed by atoms with van der Waals surface area (Å²) in [5.74, 6) is -1.40. The molecule has 6 nitrogen and oxygen atoms in total. The number of aliphatic hydroxyl groups is 3. The Balaban J connectivity index is 1.65. The molecule has 214 valence electrons. The van der Waals surface area contributed by atoms with Gasteiger partial charge in [0.25, 0.3) is 0 Å². The minimum atomic E-state index is -1.70. The lowest BCUT2D eigenvalue weighted by atomic mass is 9.46. The quantitative estimate of drug-likeness (QED) is 0.202. The smallest absolute Gasteiger partial charge is 0.306 e. The van der Waals surface area contributed by atoms with Crippen LogP contribution in [-0.4, -0.2) is 51.0 Å². The fourth-order valence-corrected chi connectivity index (χ4v) is 8.93. The average Bonchev–Trinajstić information content (AvgIpc) is 3.28. The van der Waals surface area contributed by atoms with Gasteiger partial charge in [0.05, 0.1) is 6.61 Å². The van der Waals surface area contributed by atoms with Crippen molar-refractivity contribution >= 4 is 11.8 Å². The van der Waals surface area contributed by atoms with Crippen LogP contribution in [0.1, 0.15) is 106 Å². The van der Waals surface area contributed by atoms with E-state index < -0.39 is 33.6 Å². The zero-order chi connectivity index (χ0) is 28.3. The number of aliphatic hydroxyl groups excluding tert-OH is 1. The van der Waals surface area contributed by atoms with Gasteiger partial charge in [-0.1, -0.05) is 92.2 Å². The lowest BCUT2D eigenvalue weighted by molar-refractivity contribution is -0.209. The fourth-order valence-electron chi connectivity index (χ4n) is 8.93. The molecule has 0 aromatic heterocycles. The van der Waals surface area contributed by atoms with E-state index in [1.54, 1.807) is 6.92 Å². The third-order valence-electron chi connectivity index (χ3n) is 11.6. The van der Waals surface area contributed by atoms with E-state index in [4.69, 9.17) is 4.74 Å². The van der Waals surface area contributed by atoms with E-state index in [1.165, 1.54) is 25.7 Å². The molecule has 0 spiro atoms. The highest BCUT2D eigenvalue weighted by molar-refractivity contribution is 6.05. The number of Topliss-reactive ketones (excluding diaryl/α,β-unsaturated/α-hetero) is 1. The van der Waals surface area contributed by atoms with Crippen molar-refractivity contribution in [2.75, 3.05) is 6.61 Å². The van der Waals surface area contributed by atoms with Gasteiger partial charge in [-0.25, -0.2) is 0 Å². The average molecular weight is 531 g/mol. The maximum Gasteiger partial charge on any atom is 0.306 e. The molecule has 0 heterocycles. The van der Waals surface area contributed by atoms with Crippen LogP contribution in [0.3, 0.4) is 0 Å². The van der Waals surface area contributed by atoms with Crippen LogP contribution in [-0.2, 0) is 14.3 Å². The second-order valence-electron chi connectivity index (χ2n) is 13.8. The summed E-state index contributed by atoms with van der Waals surface area (Å²) in [6.07, 6.45) is 11.3. The number of hydrogen-bond acceptors (Lipinski definition) is 6. The molecule has 0 amide bonds. The third-order valence-corrected chi connectivity index (χ3v) is 11.6. The number of carbonyl (C=O) groups excluding carboxylic acids is 2. The van der Waals surface area contributed by atoms with Gasteiger partial charge in [-0.05, 0) is 35.8 Å². The van der Waals surface area contributed by atoms with Crippen molar-refractivity contribution < 1.29 is 29.6 Å². The topological polar surface area (TPSA) is 104 Å². The lowest BCUT2D eigenvalue weighted by Gasteiger charge is -2.59. The van der Waals surface area contributed by atoms with Gasteiger partial charge in [-0.2, -0.15) is 0 Å². The largest absolute Gasteiger partial charge is 0.459 e. The Morgan fingerprint density at radius 1 is 1.05 bits per heavy atom. The van der Waals surface area contributed by atoms with Gasteiger partial charge in [0.15, 0.2) is 5.78 Å². The lowest BCUT2D eigenvalue weighted by Crippen LogP contribution is -2.65. The molecule has 2 fully saturated rings. The summed E-state index contributed by atoms with van der Waals surface area (Å²) in [7, 11) is 0. The molecule has 4 rings (SSSR count). The highest BCUT2D eigenvalue weighted by Crippen LogP contribution is 2.79. The van der Waals surface area contributed by atoms with Crippen LogP contribution < -0.4 is 0 Å². The molecule has 4 aliphatic carbocycles. The Morgan fingerprint density at radius 3 is 2.26 bits per heavy atom. The molecule has 6 heteroatoms. The number of ether oxygens (including phenoxy) is 1. The van der Waals surface area contributed by atoms with Crippen molar-refractivity contribution in [3.63, 3.8) is 0 Å². The van der Waals surface area contributed by atoms with Gasteiger partial charge in [-0.15, -0.1) is 0 Å². The van der Waals surface area contributed by atoms with Gasteiger partial charge >= 0.3 is 5.97 Å². The van der Waals surface area contributed by atoms with Gasteiger partial charge in [0.2, 0.25) is 0 Å². The van der Waals surface area contributed by atoms with Crippen molar-refractivity contribution in [2.45, 2.75) is 124 Å². The Labute approximate surface area is 228 Å². The van der Waals surface area contributed by atoms with Crippen LogP contribution in [0, 0.1) is 34.0 Å². The van der Waals surface area contributed by atoms with E-state index in [9.17, 15) is 24.9 Å². The summed E-state index contributed by atoms with van der Waals surface area (Å²) < 4.78 is 6.18. The number of carbonyl (C=O) groups is 2. The SMILES string of the molecule is CCCCCCCCCC(=O)O[C@@H]1[C@@H](C)[C@@]2(C)[C@@H](C=C(CO)C[C@]3(O)C(=O)C(C)=C[C@@]23C)C2C(C)(C)[C@@]21O. The predicted molar refractivity (Wildman–Crippen MR) is 147 cm³/mol. The predicted octanol–water partition coefficient (Wildman–Crippen LogP) is 5.29. The van der Waals surface area contributed by atoms with Crippen LogP contribution >= 0.6 is 0 Å². The van der Waals surface area contributed by atoms with Crippen molar-refractivity contribution in [3.05, 3.63) is 23.3 Å². The number of ketones is 1. The number of fused-ring (bicyclic) bond motifs is 5. The molecule has 0 aliphatic heterocycles. The van der Waals surface area contributed by atoms with E-state index in [0.29, 0.717) is 17.6 Å². The Kier molecular flexibility index (Phi) is 7.64. The van der Waals surface area contributed by atoms with Crippen LogP contribution in [0.25, 0.3) is 0 Å². The van der Waals surface area contributed by atoms with Crippen molar-refractivity contribution in [1.29, 1.82) is 0 Å². The van der Waals surface area contributed by atoms with Crippen LogP contribution in [0.4, 0.5) is 0 Å². The number of rotatable bonds is 10. The van der Waals surface area contributed by atoms with Gasteiger partial charge in [-0.3, -0.25) is 9.59 Å². The van der Waals surface area contributed by atoms with E-state index >= 15 is 0 Å².